The van der Waals surface area contributed by atoms with Crippen molar-refractivity contribution in [1.29, 1.82) is 0 Å². The van der Waals surface area contributed by atoms with E-state index >= 15 is 0 Å². The van der Waals surface area contributed by atoms with Gasteiger partial charge in [-0.2, -0.15) is 26.3 Å². The highest BCUT2D eigenvalue weighted by Crippen LogP contribution is 2.44. The molecule has 3 fully saturated rings. The van der Waals surface area contributed by atoms with Crippen LogP contribution in [0.1, 0.15) is 41.1 Å². The van der Waals surface area contributed by atoms with Crippen LogP contribution in [0, 0.1) is 11.8 Å². The quantitative estimate of drug-likeness (QED) is 0.122. The second-order valence-electron chi connectivity index (χ2n) is 11.8. The second kappa shape index (κ2) is 11.8. The first-order chi connectivity index (χ1) is 21.8. The fourth-order valence-corrected chi connectivity index (χ4v) is 6.82. The number of anilines is 2. The molecule has 242 valence electrons. The number of nitrogens with one attached hydrogen (secondary N) is 2. The van der Waals surface area contributed by atoms with Gasteiger partial charge >= 0.3 is 12.4 Å². The van der Waals surface area contributed by atoms with Gasteiger partial charge in [0, 0.05) is 30.7 Å². The Bertz CT molecular complexity index is 1830. The number of benzene rings is 2. The fourth-order valence-electron chi connectivity index (χ4n) is 6.82. The molecule has 0 aliphatic carbocycles. The third-order valence-corrected chi connectivity index (χ3v) is 9.18. The van der Waals surface area contributed by atoms with Crippen molar-refractivity contribution in [2.24, 2.45) is 11.8 Å². The summed E-state index contributed by atoms with van der Waals surface area (Å²) in [5, 5.41) is 6.68. The average Bonchev–Trinajstić information content (AvgIpc) is 3.04. The molecule has 4 aromatic rings. The van der Waals surface area contributed by atoms with Crippen LogP contribution in [0.15, 0.2) is 70.9 Å². The summed E-state index contributed by atoms with van der Waals surface area (Å²) in [5.41, 5.74) is -3.84. The number of hydrogen-bond donors (Lipinski definition) is 2. The lowest BCUT2D eigenvalue weighted by molar-refractivity contribution is -0.143. The van der Waals surface area contributed by atoms with Gasteiger partial charge in [-0.1, -0.05) is 6.08 Å². The van der Waals surface area contributed by atoms with E-state index in [0.717, 1.165) is 36.9 Å². The average molecular weight is 645 g/mol. The first kappa shape index (κ1) is 31.6. The molecule has 3 saturated heterocycles. The molecule has 0 saturated carbocycles. The van der Waals surface area contributed by atoms with E-state index in [-0.39, 0.29) is 29.0 Å². The number of alkyl halides is 6. The van der Waals surface area contributed by atoms with Crippen molar-refractivity contribution in [2.75, 3.05) is 30.8 Å². The maximum atomic E-state index is 13.4. The summed E-state index contributed by atoms with van der Waals surface area (Å²) >= 11 is 0. The molecule has 3 aliphatic rings. The number of rotatable bonds is 9. The van der Waals surface area contributed by atoms with Crippen LogP contribution in [0.25, 0.3) is 10.9 Å². The Morgan fingerprint density at radius 3 is 2.33 bits per heavy atom. The molecule has 4 heterocycles. The highest BCUT2D eigenvalue weighted by Gasteiger charge is 2.44. The number of nitrogens with zero attached hydrogens (tertiary/aromatic N) is 2. The maximum Gasteiger partial charge on any atom is 0.416 e. The Kier molecular flexibility index (Phi) is 8.07. The van der Waals surface area contributed by atoms with Gasteiger partial charge in [-0.25, -0.2) is 0 Å². The molecular formula is C33H30F6N4O3. The number of aromatic nitrogens is 1. The smallest absolute Gasteiger partial charge is 0.416 e. The van der Waals surface area contributed by atoms with Crippen LogP contribution >= 0.6 is 0 Å². The number of halogens is 6. The zero-order valence-electron chi connectivity index (χ0n) is 24.6. The minimum absolute atomic E-state index is 0.0382. The van der Waals surface area contributed by atoms with E-state index < -0.39 is 46.9 Å². The van der Waals surface area contributed by atoms with Crippen molar-refractivity contribution in [3.8, 4) is 5.75 Å². The molecule has 7 rings (SSSR count). The van der Waals surface area contributed by atoms with Crippen LogP contribution in [-0.4, -0.2) is 36.1 Å². The van der Waals surface area contributed by atoms with Gasteiger partial charge in [0.05, 0.1) is 29.8 Å². The Labute approximate surface area is 259 Å². The normalized spacial score (nSPS) is 22.2. The molecule has 46 heavy (non-hydrogen) atoms. The van der Waals surface area contributed by atoms with Crippen molar-refractivity contribution in [1.82, 2.24) is 9.88 Å². The largest absolute Gasteiger partial charge is 0.497 e. The van der Waals surface area contributed by atoms with Gasteiger partial charge in [0.15, 0.2) is 0 Å². The van der Waals surface area contributed by atoms with Gasteiger partial charge in [0.1, 0.15) is 17.1 Å². The Balaban J connectivity index is 1.36. The Morgan fingerprint density at radius 2 is 1.72 bits per heavy atom. The molecule has 3 aromatic carbocycles. The van der Waals surface area contributed by atoms with Crippen LogP contribution < -0.4 is 26.2 Å². The lowest BCUT2D eigenvalue weighted by Crippen LogP contribution is -2.56. The van der Waals surface area contributed by atoms with Crippen LogP contribution in [0.3, 0.4) is 0 Å². The predicted octanol–water partition coefficient (Wildman–Crippen LogP) is 6.54. The van der Waals surface area contributed by atoms with E-state index in [0.29, 0.717) is 35.2 Å². The SMILES string of the molecule is C=C[C@H]1CN2CC[C@H]1C[C@@H]2[C@@H](Nc1c(NCc2cc(C(F)(F)F)cc(C(F)(F)F)c2)c(=O)c1=O)c1ccnc2ccc(OC)cc12. The van der Waals surface area contributed by atoms with Crippen molar-refractivity contribution in [3.05, 3.63) is 104 Å². The van der Waals surface area contributed by atoms with Gasteiger partial charge < -0.3 is 15.4 Å². The third-order valence-electron chi connectivity index (χ3n) is 9.18. The summed E-state index contributed by atoms with van der Waals surface area (Å²) in [6.07, 6.45) is -4.69. The molecule has 5 atom stereocenters. The van der Waals surface area contributed by atoms with E-state index in [9.17, 15) is 35.9 Å². The summed E-state index contributed by atoms with van der Waals surface area (Å²) in [4.78, 5) is 32.5. The van der Waals surface area contributed by atoms with E-state index in [1.807, 2.05) is 24.3 Å². The zero-order valence-corrected chi connectivity index (χ0v) is 24.6. The highest BCUT2D eigenvalue weighted by atomic mass is 19.4. The molecular weight excluding hydrogens is 614 g/mol. The molecule has 0 amide bonds. The van der Waals surface area contributed by atoms with E-state index in [1.165, 1.54) is 7.11 Å². The summed E-state index contributed by atoms with van der Waals surface area (Å²) in [5.74, 6) is 1.25. The zero-order chi connectivity index (χ0) is 33.0. The number of pyridine rings is 1. The number of methoxy groups -OCH3 is 1. The topological polar surface area (TPSA) is 83.6 Å². The number of hydrogen-bond acceptors (Lipinski definition) is 7. The highest BCUT2D eigenvalue weighted by molar-refractivity contribution is 5.85. The molecule has 1 unspecified atom stereocenters. The van der Waals surface area contributed by atoms with Gasteiger partial charge in [0.25, 0.3) is 10.9 Å². The van der Waals surface area contributed by atoms with Gasteiger partial charge in [-0.3, -0.25) is 19.5 Å². The van der Waals surface area contributed by atoms with Gasteiger partial charge in [-0.05, 0) is 84.8 Å². The molecule has 3 aliphatic heterocycles. The van der Waals surface area contributed by atoms with Crippen molar-refractivity contribution < 1.29 is 31.1 Å². The fraction of sp³-hybridized carbons (Fsp3) is 0.364. The van der Waals surface area contributed by atoms with Crippen LogP contribution in [-0.2, 0) is 18.9 Å². The van der Waals surface area contributed by atoms with E-state index in [2.05, 4.69) is 27.1 Å². The summed E-state index contributed by atoms with van der Waals surface area (Å²) in [6.45, 7) is 5.01. The standard InChI is InChI=1S/C33H30F6N4O3/c1-3-18-16-43-9-7-19(18)12-26(43)27(23-6-8-40-25-5-4-22(46-2)14-24(23)25)42-29-28(30(44)31(29)45)41-15-17-10-20(32(34,35)36)13-21(11-17)33(37,38)39/h3-6,8,10-11,13-14,18-19,26-27,41-42H,1,7,9,12,15-16H2,2H3/t18-,19-,26+,27-/m0/s1. The molecule has 7 nitrogen and oxygen atoms in total. The van der Waals surface area contributed by atoms with Gasteiger partial charge in [-0.15, -0.1) is 6.58 Å². The van der Waals surface area contributed by atoms with Crippen molar-refractivity contribution in [2.45, 2.75) is 43.8 Å². The molecule has 2 N–H and O–H groups in total. The van der Waals surface area contributed by atoms with Crippen molar-refractivity contribution in [3.63, 3.8) is 0 Å². The lowest BCUT2D eigenvalue weighted by Gasteiger charge is -2.52. The first-order valence-electron chi connectivity index (χ1n) is 14.7. The Hall–Kier alpha value is -4.39. The number of fused-ring (bicyclic) bond motifs is 4. The monoisotopic (exact) mass is 644 g/mol. The van der Waals surface area contributed by atoms with Crippen LogP contribution in [0.5, 0.6) is 5.75 Å². The van der Waals surface area contributed by atoms with Crippen molar-refractivity contribution >= 4 is 22.3 Å². The van der Waals surface area contributed by atoms with Crippen LogP contribution in [0.2, 0.25) is 0 Å². The lowest BCUT2D eigenvalue weighted by atomic mass is 9.73. The summed E-state index contributed by atoms with van der Waals surface area (Å²) in [7, 11) is 1.54. The molecule has 1 aromatic heterocycles. The van der Waals surface area contributed by atoms with Gasteiger partial charge in [0.2, 0.25) is 0 Å². The molecule has 13 heteroatoms. The molecule has 2 bridgehead atoms. The summed E-state index contributed by atoms with van der Waals surface area (Å²) < 4.78 is 85.9. The number of ether oxygens (including phenoxy) is 1. The predicted molar refractivity (Wildman–Crippen MR) is 162 cm³/mol. The summed E-state index contributed by atoms with van der Waals surface area (Å²) in [6, 6.07) is 7.82. The molecule has 0 spiro atoms. The van der Waals surface area contributed by atoms with Crippen LogP contribution in [0.4, 0.5) is 37.7 Å². The minimum Gasteiger partial charge on any atom is -0.497 e. The minimum atomic E-state index is -5.02. The first-order valence-corrected chi connectivity index (χ1v) is 14.7. The Morgan fingerprint density at radius 1 is 1.02 bits per heavy atom. The third kappa shape index (κ3) is 5.83. The maximum absolute atomic E-state index is 13.4. The molecule has 0 radical (unpaired) electrons. The second-order valence-corrected chi connectivity index (χ2v) is 11.8. The van der Waals surface area contributed by atoms with E-state index in [1.54, 1.807) is 12.3 Å². The van der Waals surface area contributed by atoms with E-state index in [4.69, 9.17) is 4.74 Å². The number of piperidine rings is 3.